The lowest BCUT2D eigenvalue weighted by atomic mass is 9.85. The molecule has 1 aromatic rings. The second kappa shape index (κ2) is 7.26. The second-order valence-corrected chi connectivity index (χ2v) is 6.66. The lowest BCUT2D eigenvalue weighted by Crippen LogP contribution is -2.55. The highest BCUT2D eigenvalue weighted by Crippen LogP contribution is 2.39. The number of thioether (sulfide) groups is 1. The normalized spacial score (nSPS) is 25.3. The number of nitrogens with one attached hydrogen (secondary N) is 1. The Labute approximate surface area is 129 Å². The SMILES string of the molecule is CCCNC1(C(=O)O)CCCC1CCSc1ncnn1C. The van der Waals surface area contributed by atoms with Crippen LogP contribution in [-0.4, -0.2) is 43.7 Å². The highest BCUT2D eigenvalue weighted by Gasteiger charge is 2.48. The number of aliphatic carboxylic acids is 1. The summed E-state index contributed by atoms with van der Waals surface area (Å²) in [6.45, 7) is 2.83. The van der Waals surface area contributed by atoms with Crippen LogP contribution in [0.15, 0.2) is 11.5 Å². The molecule has 1 saturated carbocycles. The molecule has 0 aromatic carbocycles. The predicted octanol–water partition coefficient (Wildman–Crippen LogP) is 1.92. The van der Waals surface area contributed by atoms with Gasteiger partial charge in [-0.2, -0.15) is 5.10 Å². The van der Waals surface area contributed by atoms with E-state index >= 15 is 0 Å². The van der Waals surface area contributed by atoms with Crippen molar-refractivity contribution in [1.29, 1.82) is 0 Å². The molecule has 0 amide bonds. The Hall–Kier alpha value is -1.08. The molecule has 1 aliphatic rings. The summed E-state index contributed by atoms with van der Waals surface area (Å²) in [6, 6.07) is 0. The summed E-state index contributed by atoms with van der Waals surface area (Å²) in [7, 11) is 1.87. The molecule has 7 heteroatoms. The Kier molecular flexibility index (Phi) is 5.64. The van der Waals surface area contributed by atoms with E-state index in [4.69, 9.17) is 0 Å². The van der Waals surface area contributed by atoms with Gasteiger partial charge < -0.3 is 10.4 Å². The van der Waals surface area contributed by atoms with Crippen LogP contribution in [0.5, 0.6) is 0 Å². The smallest absolute Gasteiger partial charge is 0.324 e. The van der Waals surface area contributed by atoms with Crippen LogP contribution in [0.1, 0.15) is 39.0 Å². The fourth-order valence-electron chi connectivity index (χ4n) is 3.12. The molecule has 0 radical (unpaired) electrons. The minimum Gasteiger partial charge on any atom is -0.480 e. The van der Waals surface area contributed by atoms with E-state index in [1.165, 1.54) is 0 Å². The Morgan fingerprint density at radius 3 is 3.10 bits per heavy atom. The molecule has 21 heavy (non-hydrogen) atoms. The highest BCUT2D eigenvalue weighted by molar-refractivity contribution is 7.99. The second-order valence-electron chi connectivity index (χ2n) is 5.60. The summed E-state index contributed by atoms with van der Waals surface area (Å²) < 4.78 is 1.75. The van der Waals surface area contributed by atoms with E-state index < -0.39 is 11.5 Å². The van der Waals surface area contributed by atoms with Gasteiger partial charge in [-0.1, -0.05) is 25.1 Å². The summed E-state index contributed by atoms with van der Waals surface area (Å²) in [6.07, 6.45) is 6.10. The third-order valence-corrected chi connectivity index (χ3v) is 5.33. The van der Waals surface area contributed by atoms with Gasteiger partial charge in [0.2, 0.25) is 0 Å². The van der Waals surface area contributed by atoms with Crippen molar-refractivity contribution >= 4 is 17.7 Å². The van der Waals surface area contributed by atoms with Crippen LogP contribution in [-0.2, 0) is 11.8 Å². The van der Waals surface area contributed by atoms with Gasteiger partial charge in [0.25, 0.3) is 0 Å². The van der Waals surface area contributed by atoms with Gasteiger partial charge in [0, 0.05) is 12.8 Å². The van der Waals surface area contributed by atoms with Crippen molar-refractivity contribution < 1.29 is 9.90 Å². The minimum absolute atomic E-state index is 0.197. The largest absolute Gasteiger partial charge is 0.480 e. The van der Waals surface area contributed by atoms with Gasteiger partial charge >= 0.3 is 5.97 Å². The summed E-state index contributed by atoms with van der Waals surface area (Å²) in [5.74, 6) is 0.379. The standard InChI is InChI=1S/C14H24N4O2S/c1-3-8-16-14(12(19)20)7-4-5-11(14)6-9-21-13-15-10-17-18(13)2/h10-11,16H,3-9H2,1-2H3,(H,19,20). The maximum Gasteiger partial charge on any atom is 0.324 e. The zero-order chi connectivity index (χ0) is 15.3. The maximum absolute atomic E-state index is 11.8. The number of carbonyl (C=O) groups is 1. The monoisotopic (exact) mass is 312 g/mol. The zero-order valence-electron chi connectivity index (χ0n) is 12.7. The number of rotatable bonds is 8. The minimum atomic E-state index is -0.726. The fraction of sp³-hybridized carbons (Fsp3) is 0.786. The average Bonchev–Trinajstić information content (AvgIpc) is 3.04. The van der Waals surface area contributed by atoms with E-state index in [-0.39, 0.29) is 5.92 Å². The molecular weight excluding hydrogens is 288 g/mol. The number of hydrogen-bond donors (Lipinski definition) is 2. The summed E-state index contributed by atoms with van der Waals surface area (Å²) >= 11 is 1.65. The lowest BCUT2D eigenvalue weighted by molar-refractivity contribution is -0.146. The molecule has 1 heterocycles. The molecule has 2 unspecified atom stereocenters. The van der Waals surface area contributed by atoms with Gasteiger partial charge in [-0.25, -0.2) is 9.67 Å². The van der Waals surface area contributed by atoms with E-state index in [2.05, 4.69) is 22.3 Å². The lowest BCUT2D eigenvalue weighted by Gasteiger charge is -2.32. The topological polar surface area (TPSA) is 80.0 Å². The summed E-state index contributed by atoms with van der Waals surface area (Å²) in [5.41, 5.74) is -0.726. The molecular formula is C14H24N4O2S. The van der Waals surface area contributed by atoms with Gasteiger partial charge in [-0.05, 0) is 38.1 Å². The van der Waals surface area contributed by atoms with Crippen LogP contribution < -0.4 is 5.32 Å². The van der Waals surface area contributed by atoms with Gasteiger partial charge in [0.15, 0.2) is 5.16 Å². The van der Waals surface area contributed by atoms with Crippen LogP contribution in [0.2, 0.25) is 0 Å². The third-order valence-electron chi connectivity index (χ3n) is 4.26. The molecule has 1 fully saturated rings. The van der Waals surface area contributed by atoms with E-state index in [9.17, 15) is 9.90 Å². The van der Waals surface area contributed by atoms with Gasteiger partial charge in [0.05, 0.1) is 0 Å². The number of hydrogen-bond acceptors (Lipinski definition) is 5. The quantitative estimate of drug-likeness (QED) is 0.714. The van der Waals surface area contributed by atoms with Crippen LogP contribution in [0.25, 0.3) is 0 Å². The predicted molar refractivity (Wildman–Crippen MR) is 82.3 cm³/mol. The molecule has 6 nitrogen and oxygen atoms in total. The van der Waals surface area contributed by atoms with Crippen molar-refractivity contribution in [1.82, 2.24) is 20.1 Å². The molecule has 1 aliphatic carbocycles. The Bertz CT molecular complexity index is 479. The van der Waals surface area contributed by atoms with E-state index in [0.717, 1.165) is 49.6 Å². The Morgan fingerprint density at radius 1 is 1.67 bits per heavy atom. The van der Waals surface area contributed by atoms with Crippen molar-refractivity contribution in [2.45, 2.75) is 49.7 Å². The van der Waals surface area contributed by atoms with Crippen molar-refractivity contribution in [3.8, 4) is 0 Å². The summed E-state index contributed by atoms with van der Waals surface area (Å²) in [4.78, 5) is 16.0. The van der Waals surface area contributed by atoms with Crippen molar-refractivity contribution in [2.75, 3.05) is 12.3 Å². The summed E-state index contributed by atoms with van der Waals surface area (Å²) in [5, 5.41) is 17.9. The van der Waals surface area contributed by atoms with Crippen LogP contribution in [0.4, 0.5) is 0 Å². The van der Waals surface area contributed by atoms with E-state index in [1.54, 1.807) is 22.8 Å². The number of carboxylic acid groups (broad SMARTS) is 1. The molecule has 1 aromatic heterocycles. The maximum atomic E-state index is 11.8. The number of nitrogens with zero attached hydrogens (tertiary/aromatic N) is 3. The number of aromatic nitrogens is 3. The first-order chi connectivity index (χ1) is 10.1. The first-order valence-corrected chi connectivity index (χ1v) is 8.54. The molecule has 0 bridgehead atoms. The van der Waals surface area contributed by atoms with Crippen LogP contribution >= 0.6 is 11.8 Å². The van der Waals surface area contributed by atoms with Crippen molar-refractivity contribution in [2.24, 2.45) is 13.0 Å². The molecule has 0 aliphatic heterocycles. The zero-order valence-corrected chi connectivity index (χ0v) is 13.5. The molecule has 0 saturated heterocycles. The van der Waals surface area contributed by atoms with E-state index in [0.29, 0.717) is 0 Å². The number of aryl methyl sites for hydroxylation is 1. The highest BCUT2D eigenvalue weighted by atomic mass is 32.2. The average molecular weight is 312 g/mol. The third kappa shape index (κ3) is 3.58. The van der Waals surface area contributed by atoms with Gasteiger partial charge in [0.1, 0.15) is 11.9 Å². The molecule has 118 valence electrons. The first-order valence-electron chi connectivity index (χ1n) is 7.55. The Morgan fingerprint density at radius 2 is 2.48 bits per heavy atom. The molecule has 2 N–H and O–H groups in total. The van der Waals surface area contributed by atoms with E-state index in [1.807, 2.05) is 7.05 Å². The van der Waals surface area contributed by atoms with Gasteiger partial charge in [-0.15, -0.1) is 0 Å². The number of carboxylic acids is 1. The fourth-order valence-corrected chi connectivity index (χ4v) is 4.06. The molecule has 2 rings (SSSR count). The van der Waals surface area contributed by atoms with Gasteiger partial charge in [-0.3, -0.25) is 4.79 Å². The first kappa shape index (κ1) is 16.3. The van der Waals surface area contributed by atoms with Crippen LogP contribution in [0, 0.1) is 5.92 Å². The Balaban J connectivity index is 1.93. The molecule has 2 atom stereocenters. The van der Waals surface area contributed by atoms with Crippen molar-refractivity contribution in [3.05, 3.63) is 6.33 Å². The molecule has 0 spiro atoms. The van der Waals surface area contributed by atoms with Crippen molar-refractivity contribution in [3.63, 3.8) is 0 Å². The van der Waals surface area contributed by atoms with Crippen LogP contribution in [0.3, 0.4) is 0 Å².